The van der Waals surface area contributed by atoms with E-state index in [1.165, 1.54) is 17.0 Å². The van der Waals surface area contributed by atoms with Gasteiger partial charge in [-0.3, -0.25) is 28.8 Å². The predicted molar refractivity (Wildman–Crippen MR) is 202 cm³/mol. The number of carboxylic acids is 1. The van der Waals surface area contributed by atoms with Gasteiger partial charge in [0.2, 0.25) is 29.4 Å². The van der Waals surface area contributed by atoms with Gasteiger partial charge >= 0.3 is 5.97 Å². The van der Waals surface area contributed by atoms with Gasteiger partial charge in [0.15, 0.2) is 12.3 Å². The molecule has 2 aromatic rings. The number of carboxylic acid groups (broad SMARTS) is 1. The summed E-state index contributed by atoms with van der Waals surface area (Å²) >= 11 is 0. The Kier molecular flexibility index (Phi) is 13.9. The normalized spacial score (nSPS) is 25.0. The third kappa shape index (κ3) is 10.3. The molecule has 5 amide bonds. The Bertz CT molecular complexity index is 1800. The largest absolute Gasteiger partial charge is 0.494 e. The minimum absolute atomic E-state index is 0.0107. The van der Waals surface area contributed by atoms with Gasteiger partial charge in [0, 0.05) is 6.42 Å². The molecule has 57 heavy (non-hydrogen) atoms. The highest BCUT2D eigenvalue weighted by atomic mass is 16.7. The number of ether oxygens (including phenoxy) is 3. The molecular formula is C41H51N5O11. The standard InChI is InChI=1S/C41H51N5O11/c1-2-11-28(36(49)39(51)42-22-31(48)45-34(41(53)54)26-15-7-4-8-16-26)43-38(50)35-37-29-23-46(35)40(52)33(25-13-5-3-6-14-25)44-30(47)21-24-12-9-17-27(20-24)55-19-10-18-32(56-29)57-37/h4,7-9,12,15-17,20,25,28-29,32-35,37H,2-3,5-6,10-11,13-14,18-19,21-23H2,1H3,(H,42,51)(H,43,50)(H,44,47)(H,45,48)(H,53,54)/t28-,29+,32+,33+,34+,35+,37+/m1/s1. The van der Waals surface area contributed by atoms with Gasteiger partial charge < -0.3 is 45.5 Å². The van der Waals surface area contributed by atoms with Crippen LogP contribution in [0.5, 0.6) is 5.75 Å². The van der Waals surface area contributed by atoms with E-state index in [1.807, 2.05) is 18.2 Å². The molecular weight excluding hydrogens is 738 g/mol. The lowest BCUT2D eigenvalue weighted by Gasteiger charge is -2.35. The van der Waals surface area contributed by atoms with E-state index in [0.717, 1.165) is 37.7 Å². The Morgan fingerprint density at radius 1 is 0.930 bits per heavy atom. The van der Waals surface area contributed by atoms with E-state index in [0.29, 0.717) is 37.2 Å². The molecule has 7 rings (SSSR count). The molecule has 0 unspecified atom stereocenters. The molecule has 0 aromatic heterocycles. The van der Waals surface area contributed by atoms with E-state index >= 15 is 0 Å². The summed E-state index contributed by atoms with van der Waals surface area (Å²) in [5.41, 5.74) is 1.04. The van der Waals surface area contributed by atoms with E-state index < -0.39 is 84.6 Å². The van der Waals surface area contributed by atoms with Crippen molar-refractivity contribution in [3.05, 3.63) is 65.7 Å². The second-order valence-corrected chi connectivity index (χ2v) is 15.0. The molecule has 3 fully saturated rings. The van der Waals surface area contributed by atoms with Gasteiger partial charge in [-0.25, -0.2) is 4.79 Å². The first kappa shape index (κ1) is 41.3. The van der Waals surface area contributed by atoms with Crippen LogP contribution in [-0.2, 0) is 49.5 Å². The molecule has 4 heterocycles. The molecule has 16 nitrogen and oxygen atoms in total. The number of nitrogens with zero attached hydrogens (tertiary/aromatic N) is 1. The minimum atomic E-state index is -1.38. The molecule has 1 aliphatic carbocycles. The van der Waals surface area contributed by atoms with Crippen LogP contribution in [-0.4, -0.2) is 108 Å². The van der Waals surface area contributed by atoms with E-state index in [-0.39, 0.29) is 31.2 Å². The zero-order valence-corrected chi connectivity index (χ0v) is 32.0. The van der Waals surface area contributed by atoms with Gasteiger partial charge in [-0.1, -0.05) is 75.1 Å². The summed E-state index contributed by atoms with van der Waals surface area (Å²) < 4.78 is 18.5. The summed E-state index contributed by atoms with van der Waals surface area (Å²) in [7, 11) is 0. The van der Waals surface area contributed by atoms with Crippen molar-refractivity contribution in [2.75, 3.05) is 19.7 Å². The first-order valence-electron chi connectivity index (χ1n) is 19.8. The van der Waals surface area contributed by atoms with Crippen LogP contribution >= 0.6 is 0 Å². The van der Waals surface area contributed by atoms with Crippen molar-refractivity contribution in [2.24, 2.45) is 5.92 Å². The quantitative estimate of drug-likeness (QED) is 0.195. The van der Waals surface area contributed by atoms with Crippen molar-refractivity contribution in [2.45, 2.75) is 114 Å². The van der Waals surface area contributed by atoms with Crippen LogP contribution < -0.4 is 26.0 Å². The molecule has 5 N–H and O–H groups in total. The number of hydrogen-bond donors (Lipinski definition) is 5. The topological polar surface area (TPSA) is 219 Å². The molecule has 0 spiro atoms. The minimum Gasteiger partial charge on any atom is -0.494 e. The number of Topliss-reactive ketones (excluding diaryl/α,β-unsaturated/α-hetero) is 1. The Morgan fingerprint density at radius 2 is 1.70 bits per heavy atom. The highest BCUT2D eigenvalue weighted by molar-refractivity contribution is 6.38. The molecule has 7 atom stereocenters. The van der Waals surface area contributed by atoms with Crippen LogP contribution in [0.2, 0.25) is 0 Å². The van der Waals surface area contributed by atoms with Crippen molar-refractivity contribution >= 4 is 41.3 Å². The third-order valence-corrected chi connectivity index (χ3v) is 10.9. The van der Waals surface area contributed by atoms with Crippen molar-refractivity contribution in [1.82, 2.24) is 26.2 Å². The van der Waals surface area contributed by atoms with Crippen molar-refractivity contribution in [1.29, 1.82) is 0 Å². The summed E-state index contributed by atoms with van der Waals surface area (Å²) in [5.74, 6) is -5.41. The molecule has 0 radical (unpaired) electrons. The van der Waals surface area contributed by atoms with Gasteiger partial charge in [0.25, 0.3) is 5.91 Å². The second kappa shape index (κ2) is 19.2. The number of amides is 5. The Labute approximate surface area is 330 Å². The zero-order chi connectivity index (χ0) is 40.5. The van der Waals surface area contributed by atoms with Crippen LogP contribution in [0.4, 0.5) is 0 Å². The number of aliphatic carboxylic acids is 1. The fraction of sp³-hybridized carbons (Fsp3) is 0.537. The maximum atomic E-state index is 14.7. The van der Waals surface area contributed by atoms with Crippen LogP contribution in [0.15, 0.2) is 54.6 Å². The van der Waals surface area contributed by atoms with E-state index in [9.17, 15) is 38.7 Å². The van der Waals surface area contributed by atoms with Gasteiger partial charge in [-0.15, -0.1) is 0 Å². The summed E-state index contributed by atoms with van der Waals surface area (Å²) in [6, 6.07) is 10.4. The first-order chi connectivity index (χ1) is 27.5. The molecule has 5 aliphatic rings. The predicted octanol–water partition coefficient (Wildman–Crippen LogP) is 1.70. The maximum Gasteiger partial charge on any atom is 0.330 e. The van der Waals surface area contributed by atoms with Gasteiger partial charge in [0.1, 0.15) is 30.0 Å². The van der Waals surface area contributed by atoms with Crippen molar-refractivity contribution < 1.29 is 52.9 Å². The number of ketones is 1. The summed E-state index contributed by atoms with van der Waals surface area (Å²) in [6.07, 6.45) is 3.48. The second-order valence-electron chi connectivity index (χ2n) is 15.0. The SMILES string of the molecule is CCC[C@@H](NC(=O)[C@@H]1[C@H]2O[C@H]3CCCOc4cccc(c4)CC(=O)N[C@@H](C4CCCCC4)C(=O)N1C[C@@H]2O3)C(=O)C(=O)NCC(=O)N[C@H](C(=O)O)c1ccccc1. The Balaban J connectivity index is 1.18. The van der Waals surface area contributed by atoms with E-state index in [2.05, 4.69) is 21.3 Å². The molecule has 2 aromatic carbocycles. The van der Waals surface area contributed by atoms with Crippen molar-refractivity contribution in [3.63, 3.8) is 0 Å². The summed E-state index contributed by atoms with van der Waals surface area (Å²) in [6.45, 7) is 1.43. The lowest BCUT2D eigenvalue weighted by atomic mass is 9.83. The number of carbonyl (C=O) groups is 7. The monoisotopic (exact) mass is 789 g/mol. The highest BCUT2D eigenvalue weighted by Gasteiger charge is 2.56. The molecule has 4 aliphatic heterocycles. The number of nitrogens with one attached hydrogen (secondary N) is 4. The Morgan fingerprint density at radius 3 is 2.44 bits per heavy atom. The average molecular weight is 790 g/mol. The molecule has 2 saturated heterocycles. The number of hydrogen-bond acceptors (Lipinski definition) is 10. The zero-order valence-electron chi connectivity index (χ0n) is 32.0. The van der Waals surface area contributed by atoms with E-state index in [4.69, 9.17) is 14.2 Å². The van der Waals surface area contributed by atoms with Crippen LogP contribution in [0, 0.1) is 5.92 Å². The molecule has 1 saturated carbocycles. The lowest BCUT2D eigenvalue weighted by molar-refractivity contribution is -0.151. The van der Waals surface area contributed by atoms with E-state index in [1.54, 1.807) is 31.2 Å². The smallest absolute Gasteiger partial charge is 0.330 e. The summed E-state index contributed by atoms with van der Waals surface area (Å²) in [4.78, 5) is 95.0. The number of benzene rings is 2. The number of carbonyl (C=O) groups excluding carboxylic acids is 6. The average Bonchev–Trinajstić information content (AvgIpc) is 3.77. The Hall–Kier alpha value is -5.35. The highest BCUT2D eigenvalue weighted by Crippen LogP contribution is 2.36. The van der Waals surface area contributed by atoms with Gasteiger partial charge in [0.05, 0.1) is 32.2 Å². The van der Waals surface area contributed by atoms with Crippen LogP contribution in [0.1, 0.15) is 81.9 Å². The van der Waals surface area contributed by atoms with Gasteiger partial charge in [-0.2, -0.15) is 0 Å². The molecule has 16 heteroatoms. The molecule has 6 bridgehead atoms. The third-order valence-electron chi connectivity index (χ3n) is 10.9. The number of rotatable bonds is 12. The lowest BCUT2D eigenvalue weighted by Crippen LogP contribution is -2.60. The summed E-state index contributed by atoms with van der Waals surface area (Å²) in [5, 5.41) is 19.9. The molecule has 306 valence electrons. The van der Waals surface area contributed by atoms with Gasteiger partial charge in [-0.05, 0) is 54.9 Å². The first-order valence-corrected chi connectivity index (χ1v) is 19.8. The maximum absolute atomic E-state index is 14.7. The fourth-order valence-corrected chi connectivity index (χ4v) is 8.12. The van der Waals surface area contributed by atoms with Crippen molar-refractivity contribution in [3.8, 4) is 5.75 Å². The van der Waals surface area contributed by atoms with Crippen LogP contribution in [0.25, 0.3) is 0 Å². The van der Waals surface area contributed by atoms with Crippen LogP contribution in [0.3, 0.4) is 0 Å². The fourth-order valence-electron chi connectivity index (χ4n) is 8.12. The number of fused-ring (bicyclic) bond motifs is 7.